The Labute approximate surface area is 151 Å². The zero-order valence-corrected chi connectivity index (χ0v) is 15.4. The van der Waals surface area contributed by atoms with Crippen molar-refractivity contribution in [2.45, 2.75) is 52.6 Å². The van der Waals surface area contributed by atoms with Gasteiger partial charge in [-0.3, -0.25) is 9.89 Å². The second-order valence-electron chi connectivity index (χ2n) is 6.44. The van der Waals surface area contributed by atoms with Crippen LogP contribution < -0.4 is 5.32 Å². The molecule has 0 bridgehead atoms. The third-order valence-electron chi connectivity index (χ3n) is 3.99. The van der Waals surface area contributed by atoms with E-state index in [1.807, 2.05) is 17.7 Å². The molecule has 3 heterocycles. The Balaban J connectivity index is 1.65. The van der Waals surface area contributed by atoms with E-state index in [1.165, 1.54) is 0 Å². The van der Waals surface area contributed by atoms with Crippen LogP contribution in [0.5, 0.6) is 0 Å². The molecule has 9 heteroatoms. The van der Waals surface area contributed by atoms with Crippen LogP contribution in [0, 0.1) is 0 Å². The highest BCUT2D eigenvalue weighted by atomic mass is 16.5. The lowest BCUT2D eigenvalue weighted by atomic mass is 10.2. The van der Waals surface area contributed by atoms with Gasteiger partial charge in [-0.15, -0.1) is 0 Å². The molecule has 0 spiro atoms. The van der Waals surface area contributed by atoms with Crippen molar-refractivity contribution >= 4 is 5.91 Å². The van der Waals surface area contributed by atoms with Gasteiger partial charge in [0.05, 0.1) is 12.2 Å². The third-order valence-corrected chi connectivity index (χ3v) is 3.99. The second kappa shape index (κ2) is 7.51. The summed E-state index contributed by atoms with van der Waals surface area (Å²) in [5, 5.41) is 13.7. The van der Waals surface area contributed by atoms with Crippen LogP contribution in [0.25, 0.3) is 0 Å². The Bertz CT molecular complexity index is 877. The predicted octanol–water partition coefficient (Wildman–Crippen LogP) is 2.21. The molecule has 0 unspecified atom stereocenters. The number of nitrogens with one attached hydrogen (secondary N) is 2. The summed E-state index contributed by atoms with van der Waals surface area (Å²) in [5.41, 5.74) is 1.14. The van der Waals surface area contributed by atoms with Crippen LogP contribution in [-0.4, -0.2) is 35.8 Å². The van der Waals surface area contributed by atoms with Crippen molar-refractivity contribution in [2.75, 3.05) is 0 Å². The molecule has 0 aliphatic carbocycles. The fraction of sp³-hybridized carbons (Fsp3) is 0.471. The lowest BCUT2D eigenvalue weighted by Gasteiger charge is -2.08. The summed E-state index contributed by atoms with van der Waals surface area (Å²) in [7, 11) is 0. The van der Waals surface area contributed by atoms with E-state index < -0.39 is 6.04 Å². The summed E-state index contributed by atoms with van der Waals surface area (Å²) in [6.45, 7) is 8.49. The number of aromatic nitrogens is 6. The molecular weight excluding hydrogens is 334 g/mol. The lowest BCUT2D eigenvalue weighted by Crippen LogP contribution is -2.27. The summed E-state index contributed by atoms with van der Waals surface area (Å²) >= 11 is 0. The molecule has 0 fully saturated rings. The number of amides is 1. The number of H-pyrrole nitrogens is 1. The van der Waals surface area contributed by atoms with Crippen LogP contribution in [-0.2, 0) is 13.0 Å². The van der Waals surface area contributed by atoms with Gasteiger partial charge >= 0.3 is 0 Å². The Morgan fingerprint density at radius 3 is 2.88 bits per heavy atom. The number of aryl methyl sites for hydroxylation is 1. The maximum absolute atomic E-state index is 12.4. The fourth-order valence-electron chi connectivity index (χ4n) is 2.62. The normalized spacial score (nSPS) is 12.5. The molecule has 1 amide bonds. The average molecular weight is 357 g/mol. The van der Waals surface area contributed by atoms with Gasteiger partial charge in [0.2, 0.25) is 5.89 Å². The molecule has 9 nitrogen and oxygen atoms in total. The van der Waals surface area contributed by atoms with Crippen LogP contribution in [0.3, 0.4) is 0 Å². The number of nitrogens with zero attached hydrogens (tertiary/aromatic N) is 5. The molecule has 26 heavy (non-hydrogen) atoms. The molecule has 0 saturated carbocycles. The van der Waals surface area contributed by atoms with Gasteiger partial charge in [0.25, 0.3) is 5.91 Å². The highest BCUT2D eigenvalue weighted by Crippen LogP contribution is 2.14. The number of aromatic amines is 1. The van der Waals surface area contributed by atoms with Crippen molar-refractivity contribution in [1.29, 1.82) is 0 Å². The molecule has 138 valence electrons. The summed E-state index contributed by atoms with van der Waals surface area (Å²) in [6.07, 6.45) is 4.37. The fourth-order valence-corrected chi connectivity index (χ4v) is 2.62. The molecular formula is C17H23N7O2. The Morgan fingerprint density at radius 1 is 1.38 bits per heavy atom. The Hall–Kier alpha value is -2.97. The summed E-state index contributed by atoms with van der Waals surface area (Å²) in [5.74, 6) is 2.00. The molecule has 1 atom stereocenters. The van der Waals surface area contributed by atoms with Gasteiger partial charge in [-0.1, -0.05) is 25.9 Å². The number of carbonyl (C=O) groups excluding carboxylic acids is 1. The van der Waals surface area contributed by atoms with Crippen molar-refractivity contribution in [3.05, 3.63) is 47.4 Å². The van der Waals surface area contributed by atoms with Crippen LogP contribution in [0.1, 0.15) is 73.4 Å². The first-order valence-electron chi connectivity index (χ1n) is 8.66. The quantitative estimate of drug-likeness (QED) is 0.670. The van der Waals surface area contributed by atoms with Gasteiger partial charge in [-0.2, -0.15) is 10.1 Å². The standard InChI is InChI=1S/C17H23N7O2/c1-5-14-20-17(26-23-14)11(4)19-16(25)13-8-12(21-22-13)9-24-7-6-18-15(24)10(2)3/h6-8,10-11H,5,9H2,1-4H3,(H,19,25)(H,21,22)/t11-/m1/s1. The van der Waals surface area contributed by atoms with Gasteiger partial charge in [-0.05, 0) is 13.0 Å². The van der Waals surface area contributed by atoms with E-state index in [0.717, 1.165) is 11.5 Å². The maximum Gasteiger partial charge on any atom is 0.272 e. The van der Waals surface area contributed by atoms with Gasteiger partial charge < -0.3 is 14.4 Å². The third kappa shape index (κ3) is 3.81. The van der Waals surface area contributed by atoms with Gasteiger partial charge in [-0.25, -0.2) is 4.98 Å². The molecule has 0 aromatic carbocycles. The lowest BCUT2D eigenvalue weighted by molar-refractivity contribution is 0.0927. The first kappa shape index (κ1) is 17.8. The SMILES string of the molecule is CCc1noc([C@@H](C)NC(=O)c2cc(Cn3ccnc3C(C)C)[nH]n2)n1. The Kier molecular flexibility index (Phi) is 5.15. The van der Waals surface area contributed by atoms with Crippen molar-refractivity contribution in [3.63, 3.8) is 0 Å². The van der Waals surface area contributed by atoms with E-state index in [1.54, 1.807) is 19.2 Å². The smallest absolute Gasteiger partial charge is 0.272 e. The van der Waals surface area contributed by atoms with Crippen LogP contribution >= 0.6 is 0 Å². The number of hydrogen-bond acceptors (Lipinski definition) is 6. The largest absolute Gasteiger partial charge is 0.339 e. The van der Waals surface area contributed by atoms with Crippen molar-refractivity contribution in [2.24, 2.45) is 0 Å². The second-order valence-corrected chi connectivity index (χ2v) is 6.44. The number of carbonyl (C=O) groups is 1. The average Bonchev–Trinajstić information content (AvgIpc) is 3.35. The van der Waals surface area contributed by atoms with Crippen molar-refractivity contribution < 1.29 is 9.32 Å². The number of hydrogen-bond donors (Lipinski definition) is 2. The van der Waals surface area contributed by atoms with Gasteiger partial charge in [0, 0.05) is 24.7 Å². The molecule has 3 aromatic rings. The molecule has 0 saturated heterocycles. The van der Waals surface area contributed by atoms with E-state index in [0.29, 0.717) is 36.3 Å². The van der Waals surface area contributed by atoms with Crippen molar-refractivity contribution in [3.8, 4) is 0 Å². The number of imidazole rings is 1. The first-order chi connectivity index (χ1) is 12.5. The van der Waals surface area contributed by atoms with Crippen LogP contribution in [0.15, 0.2) is 23.0 Å². The summed E-state index contributed by atoms with van der Waals surface area (Å²) < 4.78 is 7.19. The molecule has 0 radical (unpaired) electrons. The molecule has 0 aliphatic heterocycles. The molecule has 3 aromatic heterocycles. The van der Waals surface area contributed by atoms with E-state index >= 15 is 0 Å². The van der Waals surface area contributed by atoms with E-state index in [-0.39, 0.29) is 5.91 Å². The van der Waals surface area contributed by atoms with Gasteiger partial charge in [0.15, 0.2) is 5.82 Å². The minimum Gasteiger partial charge on any atom is -0.339 e. The highest BCUT2D eigenvalue weighted by Gasteiger charge is 2.19. The minimum absolute atomic E-state index is 0.300. The highest BCUT2D eigenvalue weighted by molar-refractivity contribution is 5.92. The zero-order valence-electron chi connectivity index (χ0n) is 15.4. The Morgan fingerprint density at radius 2 is 2.19 bits per heavy atom. The monoisotopic (exact) mass is 357 g/mol. The van der Waals surface area contributed by atoms with Gasteiger partial charge in [0.1, 0.15) is 17.6 Å². The molecule has 0 aliphatic rings. The molecule has 2 N–H and O–H groups in total. The van der Waals surface area contributed by atoms with Crippen LogP contribution in [0.4, 0.5) is 0 Å². The number of rotatable bonds is 7. The van der Waals surface area contributed by atoms with Crippen LogP contribution in [0.2, 0.25) is 0 Å². The maximum atomic E-state index is 12.4. The van der Waals surface area contributed by atoms with E-state index in [9.17, 15) is 4.79 Å². The summed E-state index contributed by atoms with van der Waals surface area (Å²) in [6, 6.07) is 1.34. The van der Waals surface area contributed by atoms with Crippen molar-refractivity contribution in [1.82, 2.24) is 35.2 Å². The minimum atomic E-state index is -0.392. The topological polar surface area (TPSA) is 115 Å². The predicted molar refractivity (Wildman–Crippen MR) is 93.6 cm³/mol. The van der Waals surface area contributed by atoms with E-state index in [4.69, 9.17) is 4.52 Å². The van der Waals surface area contributed by atoms with E-state index in [2.05, 4.69) is 44.5 Å². The summed E-state index contributed by atoms with van der Waals surface area (Å²) in [4.78, 5) is 21.0. The zero-order chi connectivity index (χ0) is 18.7. The molecule has 3 rings (SSSR count). The first-order valence-corrected chi connectivity index (χ1v) is 8.66.